The van der Waals surface area contributed by atoms with E-state index in [1.165, 1.54) is 31.2 Å². The van der Waals surface area contributed by atoms with Crippen molar-refractivity contribution in [3.8, 4) is 17.0 Å². The van der Waals surface area contributed by atoms with Gasteiger partial charge in [0.2, 0.25) is 5.95 Å². The molecule has 272 valence electrons. The van der Waals surface area contributed by atoms with E-state index in [1.807, 2.05) is 49.9 Å². The summed E-state index contributed by atoms with van der Waals surface area (Å²) < 4.78 is 5.63. The Hall–Kier alpha value is -4.19. The number of hydrogen-bond acceptors (Lipinski definition) is 11. The van der Waals surface area contributed by atoms with Crippen LogP contribution in [0.1, 0.15) is 83.6 Å². The van der Waals surface area contributed by atoms with Crippen molar-refractivity contribution < 1.29 is 14.6 Å². The molecule has 1 saturated carbocycles. The Bertz CT molecular complexity index is 1690. The molecule has 6 heterocycles. The Balaban J connectivity index is 0.810. The minimum Gasteiger partial charge on any atom is -0.507 e. The fourth-order valence-electron chi connectivity index (χ4n) is 9.17. The number of aromatic hydroxyl groups is 1. The van der Waals surface area contributed by atoms with Gasteiger partial charge in [-0.05, 0) is 120 Å². The summed E-state index contributed by atoms with van der Waals surface area (Å²) in [7, 11) is 0. The zero-order chi connectivity index (χ0) is 35.2. The Morgan fingerprint density at radius 1 is 0.902 bits per heavy atom. The number of aromatic nitrogens is 4. The van der Waals surface area contributed by atoms with Crippen LogP contribution in [-0.2, 0) is 4.74 Å². The van der Waals surface area contributed by atoms with Crippen LogP contribution < -0.4 is 15.1 Å². The first-order valence-electron chi connectivity index (χ1n) is 19.1. The number of hydrogen-bond donors (Lipinski definition) is 2. The summed E-state index contributed by atoms with van der Waals surface area (Å²) in [6, 6.07) is 10.2. The maximum Gasteiger partial charge on any atom is 0.410 e. The van der Waals surface area contributed by atoms with E-state index in [2.05, 4.69) is 42.6 Å². The third-order valence-corrected chi connectivity index (χ3v) is 12.2. The molecule has 8 rings (SSSR count). The van der Waals surface area contributed by atoms with Crippen molar-refractivity contribution >= 4 is 23.5 Å². The lowest BCUT2D eigenvalue weighted by Gasteiger charge is -2.48. The number of anilines is 3. The van der Waals surface area contributed by atoms with Crippen molar-refractivity contribution in [2.24, 2.45) is 5.41 Å². The summed E-state index contributed by atoms with van der Waals surface area (Å²) in [6.07, 6.45) is 13.6. The lowest BCUT2D eigenvalue weighted by molar-refractivity contribution is -0.00402. The van der Waals surface area contributed by atoms with Gasteiger partial charge in [-0.15, -0.1) is 10.2 Å². The Labute approximate surface area is 301 Å². The smallest absolute Gasteiger partial charge is 0.410 e. The number of fused-ring (bicyclic) bond motifs is 3. The molecule has 0 unspecified atom stereocenters. The van der Waals surface area contributed by atoms with Gasteiger partial charge in [-0.3, -0.25) is 0 Å². The van der Waals surface area contributed by atoms with Gasteiger partial charge in [0.05, 0.1) is 17.4 Å². The summed E-state index contributed by atoms with van der Waals surface area (Å²) in [4.78, 5) is 31.7. The minimum absolute atomic E-state index is 0.155. The Morgan fingerprint density at radius 3 is 2.33 bits per heavy atom. The quantitative estimate of drug-likeness (QED) is 0.339. The molecule has 2 N–H and O–H groups in total. The van der Waals surface area contributed by atoms with Gasteiger partial charge >= 0.3 is 6.09 Å². The second-order valence-corrected chi connectivity index (χ2v) is 16.5. The number of piperazine rings is 1. The number of piperidine rings is 2. The predicted molar refractivity (Wildman–Crippen MR) is 198 cm³/mol. The van der Waals surface area contributed by atoms with E-state index in [1.54, 1.807) is 6.07 Å². The number of ether oxygens (including phenoxy) is 1. The van der Waals surface area contributed by atoms with Gasteiger partial charge in [0.1, 0.15) is 11.4 Å². The first-order valence-corrected chi connectivity index (χ1v) is 19.1. The van der Waals surface area contributed by atoms with Crippen LogP contribution in [0.4, 0.5) is 22.2 Å². The summed E-state index contributed by atoms with van der Waals surface area (Å²) in [6.45, 7) is 13.0. The van der Waals surface area contributed by atoms with Crippen molar-refractivity contribution in [3.05, 3.63) is 48.3 Å². The van der Waals surface area contributed by atoms with Crippen LogP contribution in [0.5, 0.6) is 5.75 Å². The highest BCUT2D eigenvalue weighted by Gasteiger charge is 2.41. The molecule has 0 bridgehead atoms. The van der Waals surface area contributed by atoms with Gasteiger partial charge in [-0.2, -0.15) is 0 Å². The Kier molecular flexibility index (Phi) is 9.14. The van der Waals surface area contributed by atoms with E-state index in [-0.39, 0.29) is 17.9 Å². The molecule has 1 amide bonds. The largest absolute Gasteiger partial charge is 0.507 e. The second-order valence-electron chi connectivity index (χ2n) is 16.5. The molecule has 0 radical (unpaired) electrons. The SMILES string of the molecule is CC(C)(C)OC(=O)N1CCC2(CCC(N3CCC(c4cnc(N5CCN6c7cc(-c8ccccc8O)nnc7NC[C@H]6C5)nc4)CC3)CC2)CC1. The lowest BCUT2D eigenvalue weighted by atomic mass is 9.66. The van der Waals surface area contributed by atoms with Crippen LogP contribution >= 0.6 is 0 Å². The summed E-state index contributed by atoms with van der Waals surface area (Å²) in [5.74, 6) is 2.31. The minimum atomic E-state index is -0.439. The molecule has 5 aliphatic rings. The highest BCUT2D eigenvalue weighted by Crippen LogP contribution is 2.46. The predicted octanol–water partition coefficient (Wildman–Crippen LogP) is 5.90. The number of amides is 1. The van der Waals surface area contributed by atoms with Gasteiger partial charge in [0.25, 0.3) is 0 Å². The van der Waals surface area contributed by atoms with Crippen molar-refractivity contribution in [1.82, 2.24) is 30.0 Å². The average Bonchev–Trinajstić information content (AvgIpc) is 3.15. The van der Waals surface area contributed by atoms with Crippen LogP contribution in [0.15, 0.2) is 42.7 Å². The van der Waals surface area contributed by atoms with Gasteiger partial charge in [-0.25, -0.2) is 14.8 Å². The van der Waals surface area contributed by atoms with Crippen LogP contribution in [0.2, 0.25) is 0 Å². The maximum atomic E-state index is 12.6. The van der Waals surface area contributed by atoms with Crippen molar-refractivity contribution in [2.45, 2.75) is 95.7 Å². The second kappa shape index (κ2) is 13.7. The summed E-state index contributed by atoms with van der Waals surface area (Å²) >= 11 is 0. The number of likely N-dealkylation sites (tertiary alicyclic amines) is 2. The first-order chi connectivity index (χ1) is 24.6. The molecule has 1 spiro atoms. The highest BCUT2D eigenvalue weighted by atomic mass is 16.6. The number of phenolic OH excluding ortho intramolecular Hbond substituents is 1. The molecule has 3 saturated heterocycles. The van der Waals surface area contributed by atoms with Crippen molar-refractivity contribution in [1.29, 1.82) is 0 Å². The van der Waals surface area contributed by atoms with Gasteiger partial charge in [0, 0.05) is 63.3 Å². The van der Waals surface area contributed by atoms with Crippen LogP contribution in [0.25, 0.3) is 11.3 Å². The summed E-state index contributed by atoms with van der Waals surface area (Å²) in [5, 5.41) is 22.7. The van der Waals surface area contributed by atoms with Gasteiger partial charge in [0.15, 0.2) is 5.82 Å². The van der Waals surface area contributed by atoms with E-state index >= 15 is 0 Å². The average molecular weight is 696 g/mol. The van der Waals surface area contributed by atoms with E-state index in [9.17, 15) is 9.90 Å². The molecule has 1 aromatic carbocycles. The van der Waals surface area contributed by atoms with E-state index in [0.29, 0.717) is 28.6 Å². The molecule has 51 heavy (non-hydrogen) atoms. The number of carbonyl (C=O) groups is 1. The monoisotopic (exact) mass is 695 g/mol. The van der Waals surface area contributed by atoms with Crippen molar-refractivity contribution in [2.75, 3.05) is 67.5 Å². The Morgan fingerprint density at radius 2 is 1.63 bits per heavy atom. The fourth-order valence-corrected chi connectivity index (χ4v) is 9.17. The number of para-hydroxylation sites is 1. The fraction of sp³-hybridized carbons (Fsp3) is 0.615. The zero-order valence-electron chi connectivity index (χ0n) is 30.4. The van der Waals surface area contributed by atoms with Gasteiger partial charge in [-0.1, -0.05) is 12.1 Å². The van der Waals surface area contributed by atoms with Crippen LogP contribution in [-0.4, -0.2) is 111 Å². The third kappa shape index (κ3) is 7.16. The van der Waals surface area contributed by atoms with Gasteiger partial charge < -0.3 is 34.8 Å². The van der Waals surface area contributed by atoms with Crippen LogP contribution in [0.3, 0.4) is 0 Å². The van der Waals surface area contributed by atoms with E-state index in [4.69, 9.17) is 14.7 Å². The molecule has 4 aliphatic heterocycles. The number of benzene rings is 1. The third-order valence-electron chi connectivity index (χ3n) is 12.2. The molecular weight excluding hydrogens is 642 g/mol. The number of nitrogens with zero attached hydrogens (tertiary/aromatic N) is 8. The molecule has 1 aliphatic carbocycles. The molecule has 12 nitrogen and oxygen atoms in total. The standard InChI is InChI=1S/C39H53N9O3/c1-38(2,3)51-37(50)46-18-14-39(15-19-46)12-8-29(9-13-39)45-16-10-27(11-17-45)28-23-41-36(42-24-28)47-20-21-48-30(26-47)25-40-35-33(48)22-32(43-44-35)31-6-4-5-7-34(31)49/h4-7,22-24,27,29-30,49H,8-21,25-26H2,1-3H3,(H,40,44)/t30-/m0/s1. The summed E-state index contributed by atoms with van der Waals surface area (Å²) in [5.41, 5.74) is 3.61. The lowest BCUT2D eigenvalue weighted by Crippen LogP contribution is -2.58. The zero-order valence-corrected chi connectivity index (χ0v) is 30.4. The molecule has 3 aromatic rings. The molecule has 1 atom stereocenters. The highest BCUT2D eigenvalue weighted by molar-refractivity contribution is 5.76. The first kappa shape index (κ1) is 33.9. The number of phenols is 1. The molecule has 4 fully saturated rings. The number of rotatable bonds is 4. The van der Waals surface area contributed by atoms with E-state index in [0.717, 1.165) is 95.5 Å². The topological polar surface area (TPSA) is 123 Å². The molecule has 2 aromatic heterocycles. The number of nitrogens with one attached hydrogen (secondary N) is 1. The molecular formula is C39H53N9O3. The van der Waals surface area contributed by atoms with E-state index < -0.39 is 5.60 Å². The maximum absolute atomic E-state index is 12.6. The normalized spacial score (nSPS) is 23.0. The number of carbonyl (C=O) groups excluding carboxylic acids is 1. The molecule has 12 heteroatoms. The van der Waals surface area contributed by atoms with Crippen molar-refractivity contribution in [3.63, 3.8) is 0 Å². The van der Waals surface area contributed by atoms with Crippen LogP contribution in [0, 0.1) is 5.41 Å².